The van der Waals surface area contributed by atoms with Crippen molar-refractivity contribution in [3.63, 3.8) is 0 Å². The summed E-state index contributed by atoms with van der Waals surface area (Å²) in [4.78, 5) is 57.5. The lowest BCUT2D eigenvalue weighted by molar-refractivity contribution is -0.133. The Morgan fingerprint density at radius 1 is 1.08 bits per heavy atom. The van der Waals surface area contributed by atoms with E-state index in [9.17, 15) is 24.3 Å². The number of nitrogens with one attached hydrogen (secondary N) is 4. The second kappa shape index (κ2) is 13.1. The predicted molar refractivity (Wildman–Crippen MR) is 135 cm³/mol. The summed E-state index contributed by atoms with van der Waals surface area (Å²) in [7, 11) is 0. The lowest BCUT2D eigenvalue weighted by Crippen LogP contribution is -2.58. The number of carbonyl (C=O) groups is 4. The molecule has 0 aliphatic carbocycles. The van der Waals surface area contributed by atoms with E-state index >= 15 is 0 Å². The van der Waals surface area contributed by atoms with Gasteiger partial charge in [-0.15, -0.1) is 0 Å². The summed E-state index contributed by atoms with van der Waals surface area (Å²) >= 11 is 0. The number of rotatable bonds is 4. The van der Waals surface area contributed by atoms with Crippen LogP contribution in [-0.2, 0) is 27.5 Å². The molecule has 0 unspecified atom stereocenters. The topological polar surface area (TPSA) is 179 Å². The fraction of sp³-hybridized carbons (Fsp3) is 0.520. The van der Waals surface area contributed by atoms with Gasteiger partial charge in [0.25, 0.3) is 5.91 Å². The zero-order valence-electron chi connectivity index (χ0n) is 21.9. The van der Waals surface area contributed by atoms with Crippen LogP contribution < -0.4 is 21.3 Å². The summed E-state index contributed by atoms with van der Waals surface area (Å²) in [5.74, 6) is -2.26. The second-order valence-corrected chi connectivity index (χ2v) is 9.69. The molecule has 4 amide bonds. The molecule has 2 aromatic rings. The number of pyridine rings is 1. The number of fused-ring (bicyclic) bond motifs is 2. The average Bonchev–Trinajstić information content (AvgIpc) is 3.33. The first kappa shape index (κ1) is 28.7. The first-order valence-electron chi connectivity index (χ1n) is 12.5. The van der Waals surface area contributed by atoms with Gasteiger partial charge in [0.2, 0.25) is 17.7 Å². The largest absolute Gasteiger partial charge is 0.391 e. The van der Waals surface area contributed by atoms with Gasteiger partial charge in [0.05, 0.1) is 12.6 Å². The first-order chi connectivity index (χ1) is 18.0. The van der Waals surface area contributed by atoms with Gasteiger partial charge in [-0.2, -0.15) is 0 Å². The number of amides is 4. The minimum absolute atomic E-state index is 0.0697. The van der Waals surface area contributed by atoms with Crippen LogP contribution in [0.5, 0.6) is 0 Å². The molecule has 1 aliphatic rings. The third kappa shape index (κ3) is 7.83. The lowest BCUT2D eigenvalue weighted by Gasteiger charge is -2.26. The van der Waals surface area contributed by atoms with Crippen molar-refractivity contribution in [2.75, 3.05) is 13.1 Å². The smallest absolute Gasteiger partial charge is 0.274 e. The summed E-state index contributed by atoms with van der Waals surface area (Å²) in [6.07, 6.45) is 2.14. The molecular formula is C25H35N7O6. The van der Waals surface area contributed by atoms with E-state index in [-0.39, 0.29) is 30.6 Å². The van der Waals surface area contributed by atoms with Gasteiger partial charge in [-0.05, 0) is 31.4 Å². The molecule has 13 heteroatoms. The standard InChI is InChI=1S/C25H35N7O6/c1-14(2)20-24(36)27-8-9-32(12-17-6-5-7-26-11-17)13-18-10-19(31-38-18)23(35)30-21(16(4)33)25(37)28-15(3)22(34)29-20/h5-7,10-11,14-16,20-21,33H,8-9,12-13H2,1-4H3,(H,27,36)(H,28,37)(H,29,34)(H,30,35)/t15-,16+,20-,21-/m0/s1. The highest BCUT2D eigenvalue weighted by atomic mass is 16.5. The van der Waals surface area contributed by atoms with Gasteiger partial charge in [-0.3, -0.25) is 29.1 Å². The Kier molecular flexibility index (Phi) is 9.91. The van der Waals surface area contributed by atoms with E-state index in [0.717, 1.165) is 5.56 Å². The minimum atomic E-state index is -1.36. The molecule has 206 valence electrons. The molecule has 2 bridgehead atoms. The van der Waals surface area contributed by atoms with Crippen LogP contribution in [0.1, 0.15) is 49.5 Å². The molecule has 3 rings (SSSR count). The van der Waals surface area contributed by atoms with Crippen molar-refractivity contribution < 1.29 is 28.8 Å². The molecule has 0 radical (unpaired) electrons. The quantitative estimate of drug-likeness (QED) is 0.343. The maximum atomic E-state index is 13.0. The molecule has 2 aromatic heterocycles. The number of hydrogen-bond acceptors (Lipinski definition) is 9. The molecule has 38 heavy (non-hydrogen) atoms. The highest BCUT2D eigenvalue weighted by molar-refractivity contribution is 5.97. The molecule has 0 aromatic carbocycles. The van der Waals surface area contributed by atoms with E-state index in [1.807, 2.05) is 17.0 Å². The maximum absolute atomic E-state index is 13.0. The Bertz CT molecular complexity index is 1120. The lowest BCUT2D eigenvalue weighted by atomic mass is 10.0. The number of aromatic nitrogens is 2. The van der Waals surface area contributed by atoms with Crippen LogP contribution in [0.4, 0.5) is 0 Å². The van der Waals surface area contributed by atoms with E-state index in [1.54, 1.807) is 26.2 Å². The SMILES string of the molecule is CC(C)[C@@H]1NC(=O)[C@H](C)NC(=O)[C@H]([C@@H](C)O)NC(=O)c2cc(on2)CN(Cc2cccnc2)CCNC1=O. The Labute approximate surface area is 220 Å². The van der Waals surface area contributed by atoms with Crippen LogP contribution in [0.15, 0.2) is 35.1 Å². The summed E-state index contributed by atoms with van der Waals surface area (Å²) < 4.78 is 5.37. The Hall–Kier alpha value is -3.84. The molecule has 0 saturated heterocycles. The predicted octanol–water partition coefficient (Wildman–Crippen LogP) is -0.674. The molecule has 3 heterocycles. The van der Waals surface area contributed by atoms with Crippen molar-refractivity contribution in [3.8, 4) is 0 Å². The molecular weight excluding hydrogens is 494 g/mol. The van der Waals surface area contributed by atoms with Crippen LogP contribution in [0.3, 0.4) is 0 Å². The van der Waals surface area contributed by atoms with Crippen molar-refractivity contribution in [2.24, 2.45) is 5.92 Å². The van der Waals surface area contributed by atoms with E-state index in [1.165, 1.54) is 19.9 Å². The number of nitrogens with zero attached hydrogens (tertiary/aromatic N) is 3. The van der Waals surface area contributed by atoms with E-state index in [0.29, 0.717) is 18.8 Å². The van der Waals surface area contributed by atoms with Crippen LogP contribution in [0, 0.1) is 5.92 Å². The van der Waals surface area contributed by atoms with Crippen LogP contribution in [0.2, 0.25) is 0 Å². The van der Waals surface area contributed by atoms with Gasteiger partial charge in [-0.25, -0.2) is 0 Å². The fourth-order valence-electron chi connectivity index (χ4n) is 3.93. The van der Waals surface area contributed by atoms with Crippen molar-refractivity contribution in [1.82, 2.24) is 36.3 Å². The van der Waals surface area contributed by atoms with Crippen molar-refractivity contribution in [3.05, 3.63) is 47.6 Å². The van der Waals surface area contributed by atoms with Gasteiger partial charge >= 0.3 is 0 Å². The number of aliphatic hydroxyl groups is 1. The molecule has 0 saturated carbocycles. The highest BCUT2D eigenvalue weighted by Crippen LogP contribution is 2.12. The van der Waals surface area contributed by atoms with Gasteiger partial charge in [-0.1, -0.05) is 25.1 Å². The summed E-state index contributed by atoms with van der Waals surface area (Å²) in [6, 6.07) is 1.96. The highest BCUT2D eigenvalue weighted by Gasteiger charge is 2.31. The number of hydrogen-bond donors (Lipinski definition) is 5. The van der Waals surface area contributed by atoms with Gasteiger partial charge in [0.15, 0.2) is 11.5 Å². The summed E-state index contributed by atoms with van der Waals surface area (Å²) in [6.45, 7) is 7.85. The third-order valence-corrected chi connectivity index (χ3v) is 6.08. The molecule has 5 N–H and O–H groups in total. The van der Waals surface area contributed by atoms with E-state index < -0.39 is 42.0 Å². The van der Waals surface area contributed by atoms with Gasteiger partial charge in [0.1, 0.15) is 18.1 Å². The Morgan fingerprint density at radius 3 is 2.50 bits per heavy atom. The Morgan fingerprint density at radius 2 is 1.84 bits per heavy atom. The van der Waals surface area contributed by atoms with Gasteiger partial charge < -0.3 is 30.9 Å². The minimum Gasteiger partial charge on any atom is -0.391 e. The van der Waals surface area contributed by atoms with Crippen LogP contribution in [0.25, 0.3) is 0 Å². The monoisotopic (exact) mass is 529 g/mol. The molecule has 1 aliphatic heterocycles. The fourth-order valence-corrected chi connectivity index (χ4v) is 3.93. The number of aliphatic hydroxyl groups excluding tert-OH is 1. The number of carbonyl (C=O) groups excluding carboxylic acids is 4. The summed E-state index contributed by atoms with van der Waals surface area (Å²) in [5.41, 5.74) is 0.866. The van der Waals surface area contributed by atoms with Crippen LogP contribution in [-0.4, -0.2) is 81.1 Å². The molecule has 13 nitrogen and oxygen atoms in total. The molecule has 0 fully saturated rings. The van der Waals surface area contributed by atoms with Crippen molar-refractivity contribution in [2.45, 2.75) is 65.0 Å². The first-order valence-corrected chi connectivity index (χ1v) is 12.5. The van der Waals surface area contributed by atoms with E-state index in [4.69, 9.17) is 4.52 Å². The Balaban J connectivity index is 1.89. The average molecular weight is 530 g/mol. The zero-order valence-corrected chi connectivity index (χ0v) is 21.9. The third-order valence-electron chi connectivity index (χ3n) is 6.08. The van der Waals surface area contributed by atoms with Gasteiger partial charge in [0, 0.05) is 38.1 Å². The normalized spacial score (nSPS) is 23.5. The maximum Gasteiger partial charge on any atom is 0.274 e. The summed E-state index contributed by atoms with van der Waals surface area (Å²) in [5, 5.41) is 24.4. The second-order valence-electron chi connectivity index (χ2n) is 9.69. The van der Waals surface area contributed by atoms with Crippen LogP contribution >= 0.6 is 0 Å². The zero-order chi connectivity index (χ0) is 27.8. The van der Waals surface area contributed by atoms with E-state index in [2.05, 4.69) is 31.4 Å². The molecule has 4 atom stereocenters. The van der Waals surface area contributed by atoms with Crippen molar-refractivity contribution in [1.29, 1.82) is 0 Å². The molecule has 0 spiro atoms. The van der Waals surface area contributed by atoms with Crippen molar-refractivity contribution >= 4 is 23.6 Å².